The molecule has 1 fully saturated rings. The highest BCUT2D eigenvalue weighted by Gasteiger charge is 2.32. The first-order valence-corrected chi connectivity index (χ1v) is 7.06. The van der Waals surface area contributed by atoms with Crippen LogP contribution in [-0.4, -0.2) is 23.2 Å². The summed E-state index contributed by atoms with van der Waals surface area (Å²) < 4.78 is 0. The van der Waals surface area contributed by atoms with Crippen LogP contribution >= 0.6 is 11.3 Å². The molecule has 1 amide bonds. The molecule has 1 aromatic heterocycles. The van der Waals surface area contributed by atoms with E-state index in [1.54, 1.807) is 6.07 Å². The van der Waals surface area contributed by atoms with Crippen molar-refractivity contribution >= 4 is 17.2 Å². The molecule has 0 spiro atoms. The zero-order chi connectivity index (χ0) is 12.3. The van der Waals surface area contributed by atoms with Crippen LogP contribution in [0.5, 0.6) is 0 Å². The minimum absolute atomic E-state index is 0.0853. The van der Waals surface area contributed by atoms with E-state index in [0.717, 1.165) is 19.3 Å². The highest BCUT2D eigenvalue weighted by molar-refractivity contribution is 7.08. The molecule has 2 N–H and O–H groups in total. The summed E-state index contributed by atoms with van der Waals surface area (Å²) in [5.74, 6) is 0.463. The molecule has 3 nitrogen and oxygen atoms in total. The van der Waals surface area contributed by atoms with Gasteiger partial charge in [0.2, 0.25) is 0 Å². The maximum absolute atomic E-state index is 11.8. The van der Waals surface area contributed by atoms with Crippen LogP contribution in [0.25, 0.3) is 0 Å². The van der Waals surface area contributed by atoms with E-state index in [-0.39, 0.29) is 5.91 Å². The number of thiophene rings is 1. The Labute approximate surface area is 106 Å². The average Bonchev–Trinajstić information content (AvgIpc) is 2.79. The average molecular weight is 253 g/mol. The van der Waals surface area contributed by atoms with Gasteiger partial charge in [-0.15, -0.1) is 0 Å². The Hall–Kier alpha value is -0.870. The molecule has 0 aliphatic heterocycles. The lowest BCUT2D eigenvalue weighted by molar-refractivity contribution is -0.0109. The van der Waals surface area contributed by atoms with Crippen molar-refractivity contribution in [2.75, 3.05) is 6.54 Å². The van der Waals surface area contributed by atoms with Gasteiger partial charge in [-0.1, -0.05) is 19.8 Å². The van der Waals surface area contributed by atoms with E-state index >= 15 is 0 Å². The van der Waals surface area contributed by atoms with Crippen molar-refractivity contribution in [2.24, 2.45) is 5.92 Å². The zero-order valence-corrected chi connectivity index (χ0v) is 10.9. The van der Waals surface area contributed by atoms with Gasteiger partial charge in [0.05, 0.1) is 5.60 Å². The number of rotatable bonds is 3. The van der Waals surface area contributed by atoms with Gasteiger partial charge in [-0.25, -0.2) is 0 Å². The first-order valence-electron chi connectivity index (χ1n) is 6.12. The van der Waals surface area contributed by atoms with Crippen LogP contribution in [0.1, 0.15) is 43.0 Å². The Morgan fingerprint density at radius 2 is 2.53 bits per heavy atom. The van der Waals surface area contributed by atoms with E-state index in [4.69, 9.17) is 0 Å². The van der Waals surface area contributed by atoms with Crippen LogP contribution in [0.15, 0.2) is 16.8 Å². The number of hydrogen-bond donors (Lipinski definition) is 2. The normalized spacial score (nSPS) is 28.9. The number of amides is 1. The third kappa shape index (κ3) is 3.30. The molecule has 2 rings (SSSR count). The van der Waals surface area contributed by atoms with Crippen molar-refractivity contribution < 1.29 is 9.90 Å². The van der Waals surface area contributed by atoms with Crippen molar-refractivity contribution in [3.8, 4) is 0 Å². The zero-order valence-electron chi connectivity index (χ0n) is 10.1. The minimum Gasteiger partial charge on any atom is -0.388 e. The quantitative estimate of drug-likeness (QED) is 0.869. The van der Waals surface area contributed by atoms with Gasteiger partial charge < -0.3 is 10.4 Å². The number of carbonyl (C=O) groups is 1. The monoisotopic (exact) mass is 253 g/mol. The molecule has 0 bridgehead atoms. The third-order valence-corrected chi connectivity index (χ3v) is 4.11. The molecule has 0 radical (unpaired) electrons. The summed E-state index contributed by atoms with van der Waals surface area (Å²) in [5, 5.41) is 16.9. The molecule has 4 heteroatoms. The Morgan fingerprint density at radius 3 is 3.18 bits per heavy atom. The molecule has 1 heterocycles. The van der Waals surface area contributed by atoms with Crippen molar-refractivity contribution in [3.05, 3.63) is 22.4 Å². The van der Waals surface area contributed by atoms with Gasteiger partial charge in [0.15, 0.2) is 0 Å². The minimum atomic E-state index is -0.705. The van der Waals surface area contributed by atoms with Gasteiger partial charge in [0.25, 0.3) is 5.91 Å². The molecule has 0 aromatic carbocycles. The van der Waals surface area contributed by atoms with Crippen LogP contribution in [0.3, 0.4) is 0 Å². The van der Waals surface area contributed by atoms with Crippen molar-refractivity contribution in [1.82, 2.24) is 5.32 Å². The standard InChI is InChI=1S/C13H19NO2S/c1-10-3-2-5-13(16,7-10)9-14-12(15)11-4-6-17-8-11/h4,6,8,10,16H,2-3,5,7,9H2,1H3,(H,14,15). The highest BCUT2D eigenvalue weighted by atomic mass is 32.1. The summed E-state index contributed by atoms with van der Waals surface area (Å²) in [6.45, 7) is 2.52. The van der Waals surface area contributed by atoms with Crippen LogP contribution in [-0.2, 0) is 0 Å². The fourth-order valence-corrected chi connectivity index (χ4v) is 3.17. The van der Waals surface area contributed by atoms with Gasteiger partial charge in [0.1, 0.15) is 0 Å². The maximum Gasteiger partial charge on any atom is 0.252 e. The van der Waals surface area contributed by atoms with Crippen molar-refractivity contribution in [1.29, 1.82) is 0 Å². The molecule has 1 aliphatic rings. The van der Waals surface area contributed by atoms with Crippen LogP contribution < -0.4 is 5.32 Å². The topological polar surface area (TPSA) is 49.3 Å². The molecular weight excluding hydrogens is 234 g/mol. The summed E-state index contributed by atoms with van der Waals surface area (Å²) in [6, 6.07) is 1.80. The van der Waals surface area contributed by atoms with Gasteiger partial charge >= 0.3 is 0 Å². The number of nitrogens with one attached hydrogen (secondary N) is 1. The molecule has 17 heavy (non-hydrogen) atoms. The summed E-state index contributed by atoms with van der Waals surface area (Å²) in [4.78, 5) is 11.8. The third-order valence-electron chi connectivity index (χ3n) is 3.43. The van der Waals surface area contributed by atoms with E-state index in [9.17, 15) is 9.90 Å². The lowest BCUT2D eigenvalue weighted by Gasteiger charge is -2.35. The molecular formula is C13H19NO2S. The second-order valence-electron chi connectivity index (χ2n) is 5.12. The molecule has 2 unspecified atom stereocenters. The molecule has 94 valence electrons. The van der Waals surface area contributed by atoms with Gasteiger partial charge in [-0.3, -0.25) is 4.79 Å². The Kier molecular flexibility index (Phi) is 3.84. The Morgan fingerprint density at radius 1 is 1.71 bits per heavy atom. The summed E-state index contributed by atoms with van der Waals surface area (Å²) in [6.07, 6.45) is 3.81. The van der Waals surface area contributed by atoms with Crippen molar-refractivity contribution in [3.63, 3.8) is 0 Å². The molecule has 0 saturated heterocycles. The Balaban J connectivity index is 1.87. The highest BCUT2D eigenvalue weighted by Crippen LogP contribution is 2.31. The first-order chi connectivity index (χ1) is 8.09. The maximum atomic E-state index is 11.8. The SMILES string of the molecule is CC1CCCC(O)(CNC(=O)c2ccsc2)C1. The lowest BCUT2D eigenvalue weighted by atomic mass is 9.79. The summed E-state index contributed by atoms with van der Waals surface area (Å²) in [7, 11) is 0. The number of carbonyl (C=O) groups excluding carboxylic acids is 1. The molecule has 1 aromatic rings. The Bertz CT molecular complexity index is 377. The fraction of sp³-hybridized carbons (Fsp3) is 0.615. The van der Waals surface area contributed by atoms with E-state index < -0.39 is 5.60 Å². The molecule has 1 aliphatic carbocycles. The van der Waals surface area contributed by atoms with Gasteiger partial charge in [0, 0.05) is 17.5 Å². The molecule has 1 saturated carbocycles. The van der Waals surface area contributed by atoms with Gasteiger partial charge in [-0.2, -0.15) is 11.3 Å². The second kappa shape index (κ2) is 5.19. The van der Waals surface area contributed by atoms with Crippen LogP contribution in [0.2, 0.25) is 0 Å². The first kappa shape index (κ1) is 12.6. The number of aliphatic hydroxyl groups is 1. The summed E-state index contributed by atoms with van der Waals surface area (Å²) >= 11 is 1.51. The predicted octanol–water partition coefficient (Wildman–Crippen LogP) is 2.42. The predicted molar refractivity (Wildman–Crippen MR) is 69.2 cm³/mol. The number of hydrogen-bond acceptors (Lipinski definition) is 3. The summed E-state index contributed by atoms with van der Waals surface area (Å²) in [5.41, 5.74) is -0.0222. The molecule has 2 atom stereocenters. The fourth-order valence-electron chi connectivity index (χ4n) is 2.53. The van der Waals surface area contributed by atoms with E-state index in [0.29, 0.717) is 18.0 Å². The largest absolute Gasteiger partial charge is 0.388 e. The van der Waals surface area contributed by atoms with Crippen LogP contribution in [0, 0.1) is 5.92 Å². The van der Waals surface area contributed by atoms with E-state index in [2.05, 4.69) is 12.2 Å². The lowest BCUT2D eigenvalue weighted by Crippen LogP contribution is -2.45. The van der Waals surface area contributed by atoms with E-state index in [1.807, 2.05) is 10.8 Å². The van der Waals surface area contributed by atoms with Crippen LogP contribution in [0.4, 0.5) is 0 Å². The van der Waals surface area contributed by atoms with Gasteiger partial charge in [-0.05, 0) is 30.2 Å². The second-order valence-corrected chi connectivity index (χ2v) is 5.90. The smallest absolute Gasteiger partial charge is 0.252 e. The van der Waals surface area contributed by atoms with E-state index in [1.165, 1.54) is 17.8 Å². The van der Waals surface area contributed by atoms with Crippen molar-refractivity contribution in [2.45, 2.75) is 38.2 Å².